The van der Waals surface area contributed by atoms with Crippen molar-refractivity contribution in [3.63, 3.8) is 0 Å². The van der Waals surface area contributed by atoms with E-state index in [0.717, 1.165) is 32.5 Å². The number of carbonyl (C=O) groups is 2. The summed E-state index contributed by atoms with van der Waals surface area (Å²) in [6, 6.07) is 9.84. The fourth-order valence-corrected chi connectivity index (χ4v) is 3.25. The number of hydrogen-bond donors (Lipinski definition) is 2. The Kier molecular flexibility index (Phi) is 7.66. The summed E-state index contributed by atoms with van der Waals surface area (Å²) in [5, 5.41) is 5.55. The highest BCUT2D eigenvalue weighted by atomic mass is 16.6. The number of hydrogen-bond acceptors (Lipinski definition) is 4. The van der Waals surface area contributed by atoms with Crippen LogP contribution in [0.4, 0.5) is 4.79 Å². The molecule has 150 valence electrons. The molecule has 1 saturated heterocycles. The third-order valence-corrected chi connectivity index (χ3v) is 4.54. The molecule has 0 aliphatic carbocycles. The zero-order chi connectivity index (χ0) is 19.9. The van der Waals surface area contributed by atoms with Crippen LogP contribution in [0, 0.1) is 5.92 Å². The van der Waals surface area contributed by atoms with E-state index in [2.05, 4.69) is 39.8 Å². The van der Waals surface area contributed by atoms with E-state index in [9.17, 15) is 9.59 Å². The molecule has 1 fully saturated rings. The molecule has 1 aliphatic rings. The molecule has 0 radical (unpaired) electrons. The van der Waals surface area contributed by atoms with Crippen LogP contribution < -0.4 is 10.6 Å². The van der Waals surface area contributed by atoms with Crippen LogP contribution in [-0.2, 0) is 16.1 Å². The van der Waals surface area contributed by atoms with Gasteiger partial charge in [0.1, 0.15) is 11.6 Å². The lowest BCUT2D eigenvalue weighted by molar-refractivity contribution is -0.123. The summed E-state index contributed by atoms with van der Waals surface area (Å²) in [6.07, 6.45) is 1.68. The molecule has 1 aromatic rings. The number of amides is 2. The summed E-state index contributed by atoms with van der Waals surface area (Å²) in [5.41, 5.74) is 0.738. The smallest absolute Gasteiger partial charge is 0.408 e. The van der Waals surface area contributed by atoms with E-state index < -0.39 is 17.7 Å². The van der Waals surface area contributed by atoms with Crippen LogP contribution in [0.2, 0.25) is 0 Å². The van der Waals surface area contributed by atoms with Gasteiger partial charge in [-0.15, -0.1) is 0 Å². The number of piperidine rings is 1. The van der Waals surface area contributed by atoms with Crippen molar-refractivity contribution in [3.8, 4) is 0 Å². The summed E-state index contributed by atoms with van der Waals surface area (Å²) < 4.78 is 5.19. The SMILES string of the molecule is CC(NC(=O)OC(C)(C)C)C(=O)NCC1CCCN(Cc2ccccc2)C1. The summed E-state index contributed by atoms with van der Waals surface area (Å²) >= 11 is 0. The van der Waals surface area contributed by atoms with E-state index in [-0.39, 0.29) is 5.91 Å². The Balaban J connectivity index is 1.73. The molecule has 1 aliphatic heterocycles. The van der Waals surface area contributed by atoms with E-state index in [1.54, 1.807) is 27.7 Å². The van der Waals surface area contributed by atoms with Gasteiger partial charge < -0.3 is 15.4 Å². The Labute approximate surface area is 162 Å². The highest BCUT2D eigenvalue weighted by molar-refractivity contribution is 5.85. The van der Waals surface area contributed by atoms with E-state index >= 15 is 0 Å². The first kappa shape index (κ1) is 21.2. The van der Waals surface area contributed by atoms with Gasteiger partial charge in [-0.05, 0) is 58.6 Å². The Morgan fingerprint density at radius 2 is 1.96 bits per heavy atom. The Morgan fingerprint density at radius 1 is 1.26 bits per heavy atom. The fourth-order valence-electron chi connectivity index (χ4n) is 3.25. The minimum atomic E-state index is -0.621. The Hall–Kier alpha value is -2.08. The predicted molar refractivity (Wildman–Crippen MR) is 106 cm³/mol. The number of rotatable bonds is 6. The van der Waals surface area contributed by atoms with Crippen LogP contribution >= 0.6 is 0 Å². The monoisotopic (exact) mass is 375 g/mol. The van der Waals surface area contributed by atoms with Crippen molar-refractivity contribution in [3.05, 3.63) is 35.9 Å². The van der Waals surface area contributed by atoms with Crippen molar-refractivity contribution in [1.82, 2.24) is 15.5 Å². The van der Waals surface area contributed by atoms with Crippen molar-refractivity contribution >= 4 is 12.0 Å². The van der Waals surface area contributed by atoms with Crippen LogP contribution in [-0.4, -0.2) is 48.2 Å². The molecule has 0 saturated carbocycles. The molecule has 0 bridgehead atoms. The average Bonchev–Trinajstić information content (AvgIpc) is 2.59. The minimum Gasteiger partial charge on any atom is -0.444 e. The molecule has 6 heteroatoms. The van der Waals surface area contributed by atoms with E-state index in [4.69, 9.17) is 4.74 Å². The van der Waals surface area contributed by atoms with Crippen LogP contribution in [0.3, 0.4) is 0 Å². The number of nitrogens with zero attached hydrogens (tertiary/aromatic N) is 1. The number of alkyl carbamates (subject to hydrolysis) is 1. The van der Waals surface area contributed by atoms with E-state index in [0.29, 0.717) is 12.5 Å². The number of benzene rings is 1. The lowest BCUT2D eigenvalue weighted by atomic mass is 9.97. The lowest BCUT2D eigenvalue weighted by Crippen LogP contribution is -2.48. The normalized spacial score (nSPS) is 19.2. The van der Waals surface area contributed by atoms with Crippen LogP contribution in [0.1, 0.15) is 46.1 Å². The average molecular weight is 376 g/mol. The van der Waals surface area contributed by atoms with Gasteiger partial charge in [0.25, 0.3) is 0 Å². The third-order valence-electron chi connectivity index (χ3n) is 4.54. The van der Waals surface area contributed by atoms with Gasteiger partial charge in [0, 0.05) is 19.6 Å². The van der Waals surface area contributed by atoms with Gasteiger partial charge in [-0.3, -0.25) is 9.69 Å². The lowest BCUT2D eigenvalue weighted by Gasteiger charge is -2.33. The van der Waals surface area contributed by atoms with Gasteiger partial charge in [0.05, 0.1) is 0 Å². The van der Waals surface area contributed by atoms with Crippen molar-refractivity contribution in [2.24, 2.45) is 5.92 Å². The number of carbonyl (C=O) groups excluding carboxylic acids is 2. The van der Waals surface area contributed by atoms with Crippen LogP contribution in [0.25, 0.3) is 0 Å². The topological polar surface area (TPSA) is 70.7 Å². The molecule has 1 aromatic carbocycles. The molecule has 2 N–H and O–H groups in total. The second-order valence-electron chi connectivity index (χ2n) is 8.34. The number of likely N-dealkylation sites (tertiary alicyclic amines) is 1. The second-order valence-corrected chi connectivity index (χ2v) is 8.34. The van der Waals surface area contributed by atoms with Gasteiger partial charge in [-0.1, -0.05) is 30.3 Å². The molecule has 0 aromatic heterocycles. The van der Waals surface area contributed by atoms with Crippen molar-refractivity contribution in [1.29, 1.82) is 0 Å². The molecule has 0 spiro atoms. The van der Waals surface area contributed by atoms with Gasteiger partial charge >= 0.3 is 6.09 Å². The summed E-state index contributed by atoms with van der Waals surface area (Å²) in [6.45, 7) is 10.7. The molecule has 2 unspecified atom stereocenters. The first-order chi connectivity index (χ1) is 12.7. The third kappa shape index (κ3) is 7.99. The Bertz CT molecular complexity index is 613. The molecular formula is C21H33N3O3. The van der Waals surface area contributed by atoms with Gasteiger partial charge in [-0.2, -0.15) is 0 Å². The quantitative estimate of drug-likeness (QED) is 0.802. The second kappa shape index (κ2) is 9.74. The maximum Gasteiger partial charge on any atom is 0.408 e. The highest BCUT2D eigenvalue weighted by Crippen LogP contribution is 2.18. The summed E-state index contributed by atoms with van der Waals surface area (Å²) in [5.74, 6) is 0.251. The van der Waals surface area contributed by atoms with E-state index in [1.165, 1.54) is 5.56 Å². The maximum absolute atomic E-state index is 12.3. The summed E-state index contributed by atoms with van der Waals surface area (Å²) in [4.78, 5) is 26.5. The Morgan fingerprint density at radius 3 is 2.63 bits per heavy atom. The van der Waals surface area contributed by atoms with Gasteiger partial charge in [0.2, 0.25) is 5.91 Å². The number of ether oxygens (including phenoxy) is 1. The van der Waals surface area contributed by atoms with Gasteiger partial charge in [-0.25, -0.2) is 4.79 Å². The van der Waals surface area contributed by atoms with Crippen molar-refractivity contribution in [2.75, 3.05) is 19.6 Å². The number of nitrogens with one attached hydrogen (secondary N) is 2. The molecule has 2 rings (SSSR count). The van der Waals surface area contributed by atoms with Crippen LogP contribution in [0.5, 0.6) is 0 Å². The molecule has 2 amide bonds. The fraction of sp³-hybridized carbons (Fsp3) is 0.619. The predicted octanol–water partition coefficient (Wildman–Crippen LogP) is 2.93. The molecule has 27 heavy (non-hydrogen) atoms. The largest absolute Gasteiger partial charge is 0.444 e. The molecule has 2 atom stereocenters. The van der Waals surface area contributed by atoms with Gasteiger partial charge in [0.15, 0.2) is 0 Å². The molecule has 6 nitrogen and oxygen atoms in total. The zero-order valence-corrected chi connectivity index (χ0v) is 17.0. The highest BCUT2D eigenvalue weighted by Gasteiger charge is 2.23. The van der Waals surface area contributed by atoms with Crippen molar-refractivity contribution < 1.29 is 14.3 Å². The maximum atomic E-state index is 12.3. The minimum absolute atomic E-state index is 0.180. The molecular weight excluding hydrogens is 342 g/mol. The van der Waals surface area contributed by atoms with Crippen LogP contribution in [0.15, 0.2) is 30.3 Å². The first-order valence-corrected chi connectivity index (χ1v) is 9.76. The van der Waals surface area contributed by atoms with E-state index in [1.807, 2.05) is 6.07 Å². The first-order valence-electron chi connectivity index (χ1n) is 9.76. The molecule has 1 heterocycles. The zero-order valence-electron chi connectivity index (χ0n) is 17.0. The standard InChI is InChI=1S/C21H33N3O3/c1-16(23-20(26)27-21(2,3)4)19(25)22-13-18-11-8-12-24(15-18)14-17-9-6-5-7-10-17/h5-7,9-10,16,18H,8,11-15H2,1-4H3,(H,22,25)(H,23,26). The summed E-state index contributed by atoms with van der Waals surface area (Å²) in [7, 11) is 0. The van der Waals surface area contributed by atoms with Crippen molar-refractivity contribution in [2.45, 2.75) is 58.7 Å².